The molecule has 1 fully saturated rings. The van der Waals surface area contributed by atoms with E-state index >= 15 is 0 Å². The summed E-state index contributed by atoms with van der Waals surface area (Å²) in [6, 6.07) is 5.25. The Bertz CT molecular complexity index is 1030. The molecule has 0 spiro atoms. The van der Waals surface area contributed by atoms with Crippen LogP contribution in [0.3, 0.4) is 0 Å². The van der Waals surface area contributed by atoms with Crippen molar-refractivity contribution in [1.29, 1.82) is 0 Å². The highest BCUT2D eigenvalue weighted by molar-refractivity contribution is 7.89. The quantitative estimate of drug-likeness (QED) is 0.554. The molecule has 1 atom stereocenters. The molecule has 0 aliphatic carbocycles. The first kappa shape index (κ1) is 21.6. The Hall–Kier alpha value is -3.12. The van der Waals surface area contributed by atoms with Crippen molar-refractivity contribution in [3.63, 3.8) is 0 Å². The van der Waals surface area contributed by atoms with Gasteiger partial charge >= 0.3 is 6.03 Å². The van der Waals surface area contributed by atoms with Gasteiger partial charge in [0, 0.05) is 6.07 Å². The van der Waals surface area contributed by atoms with E-state index in [0.717, 1.165) is 0 Å². The molecule has 1 unspecified atom stereocenters. The normalized spacial score (nSPS) is 15.2. The van der Waals surface area contributed by atoms with Crippen LogP contribution in [0.5, 0.6) is 5.75 Å². The van der Waals surface area contributed by atoms with Gasteiger partial charge in [-0.2, -0.15) is 0 Å². The highest BCUT2D eigenvalue weighted by Crippen LogP contribution is 2.18. The third kappa shape index (κ3) is 5.70. The van der Waals surface area contributed by atoms with Gasteiger partial charge in [0.05, 0.1) is 41.8 Å². The lowest BCUT2D eigenvalue weighted by atomic mass is 10.3. The van der Waals surface area contributed by atoms with Crippen LogP contribution in [0.25, 0.3) is 0 Å². The summed E-state index contributed by atoms with van der Waals surface area (Å²) in [7, 11) is -3.85. The van der Waals surface area contributed by atoms with Gasteiger partial charge in [-0.3, -0.25) is 20.1 Å². The standard InChI is InChI=1S/C18H20FN5O5S/c1-12(19)11-29-15-3-2-4-16(5-15)30(27,28)22-8-13-6-21-14(7-20-13)9-24-10-17(25)23-18(24)26/h2-7,12,22H,8-11H2,1H3,(H,23,25,26). The summed E-state index contributed by atoms with van der Waals surface area (Å²) in [5, 5.41) is 2.16. The summed E-state index contributed by atoms with van der Waals surface area (Å²) in [6.07, 6.45) is 1.62. The molecule has 3 amide bonds. The zero-order valence-corrected chi connectivity index (χ0v) is 16.9. The van der Waals surface area contributed by atoms with Gasteiger partial charge in [0.1, 0.15) is 25.1 Å². The average molecular weight is 437 g/mol. The zero-order chi connectivity index (χ0) is 21.7. The smallest absolute Gasteiger partial charge is 0.324 e. The maximum absolute atomic E-state index is 12.9. The van der Waals surface area contributed by atoms with Crippen molar-refractivity contribution in [3.05, 3.63) is 48.0 Å². The first-order valence-corrected chi connectivity index (χ1v) is 10.5. The molecule has 1 aliphatic rings. The Morgan fingerprint density at radius 1 is 1.27 bits per heavy atom. The number of rotatable bonds is 9. The fraction of sp³-hybridized carbons (Fsp3) is 0.333. The Balaban J connectivity index is 1.58. The second-order valence-corrected chi connectivity index (χ2v) is 8.37. The van der Waals surface area contributed by atoms with Crippen LogP contribution in [0.1, 0.15) is 18.3 Å². The van der Waals surface area contributed by atoms with Crippen molar-refractivity contribution in [3.8, 4) is 5.75 Å². The molecule has 12 heteroatoms. The predicted octanol–water partition coefficient (Wildman–Crippen LogP) is 0.744. The van der Waals surface area contributed by atoms with Gasteiger partial charge < -0.3 is 9.64 Å². The topological polar surface area (TPSA) is 131 Å². The van der Waals surface area contributed by atoms with Gasteiger partial charge in [0.15, 0.2) is 0 Å². The van der Waals surface area contributed by atoms with Crippen molar-refractivity contribution in [2.45, 2.75) is 31.1 Å². The number of urea groups is 1. The van der Waals surface area contributed by atoms with Crippen LogP contribution in [-0.4, -0.2) is 54.5 Å². The molecule has 30 heavy (non-hydrogen) atoms. The minimum absolute atomic E-state index is 0.0270. The van der Waals surface area contributed by atoms with E-state index in [-0.39, 0.29) is 42.8 Å². The number of nitrogens with one attached hydrogen (secondary N) is 2. The van der Waals surface area contributed by atoms with Crippen LogP contribution >= 0.6 is 0 Å². The van der Waals surface area contributed by atoms with Crippen LogP contribution in [0.2, 0.25) is 0 Å². The van der Waals surface area contributed by atoms with Crippen LogP contribution in [0, 0.1) is 0 Å². The molecule has 0 radical (unpaired) electrons. The number of aromatic nitrogens is 2. The minimum atomic E-state index is -3.85. The van der Waals surface area contributed by atoms with Gasteiger partial charge in [0.25, 0.3) is 0 Å². The number of hydrogen-bond acceptors (Lipinski definition) is 7. The lowest BCUT2D eigenvalue weighted by Crippen LogP contribution is -2.28. The molecule has 3 rings (SSSR count). The van der Waals surface area contributed by atoms with Crippen LogP contribution in [-0.2, 0) is 27.9 Å². The van der Waals surface area contributed by atoms with Gasteiger partial charge in [-0.1, -0.05) is 6.07 Å². The molecule has 2 aromatic rings. The molecule has 1 saturated heterocycles. The number of imide groups is 1. The van der Waals surface area contributed by atoms with Crippen molar-refractivity contribution in [2.75, 3.05) is 13.2 Å². The van der Waals surface area contributed by atoms with E-state index in [0.29, 0.717) is 11.4 Å². The number of amides is 3. The van der Waals surface area contributed by atoms with Crippen LogP contribution in [0.4, 0.5) is 9.18 Å². The fourth-order valence-corrected chi connectivity index (χ4v) is 3.59. The summed E-state index contributed by atoms with van der Waals surface area (Å²) in [5.41, 5.74) is 0.821. The van der Waals surface area contributed by atoms with Crippen molar-refractivity contribution in [2.24, 2.45) is 0 Å². The summed E-state index contributed by atoms with van der Waals surface area (Å²) >= 11 is 0. The Kier molecular flexibility index (Phi) is 6.57. The first-order chi connectivity index (χ1) is 14.2. The maximum Gasteiger partial charge on any atom is 0.324 e. The fourth-order valence-electron chi connectivity index (χ4n) is 2.56. The first-order valence-electron chi connectivity index (χ1n) is 8.98. The van der Waals surface area contributed by atoms with E-state index < -0.39 is 22.2 Å². The molecule has 2 N–H and O–H groups in total. The molecular weight excluding hydrogens is 417 g/mol. The molecule has 1 aromatic carbocycles. The Morgan fingerprint density at radius 2 is 2.00 bits per heavy atom. The number of nitrogens with zero attached hydrogens (tertiary/aromatic N) is 3. The van der Waals surface area contributed by atoms with E-state index in [1.54, 1.807) is 6.07 Å². The van der Waals surface area contributed by atoms with E-state index in [4.69, 9.17) is 4.74 Å². The molecule has 1 aliphatic heterocycles. The molecule has 10 nitrogen and oxygen atoms in total. The second kappa shape index (κ2) is 9.13. The third-order valence-corrected chi connectivity index (χ3v) is 5.42. The molecule has 0 saturated carbocycles. The van der Waals surface area contributed by atoms with Gasteiger partial charge in [-0.05, 0) is 19.1 Å². The van der Waals surface area contributed by atoms with Crippen LogP contribution < -0.4 is 14.8 Å². The average Bonchev–Trinajstić information content (AvgIpc) is 3.03. The molecule has 1 aromatic heterocycles. The summed E-state index contributed by atoms with van der Waals surface area (Å²) in [4.78, 5) is 32.3. The largest absolute Gasteiger partial charge is 0.491 e. The van der Waals surface area contributed by atoms with Gasteiger partial charge in [-0.25, -0.2) is 22.3 Å². The number of benzene rings is 1. The van der Waals surface area contributed by atoms with Crippen molar-refractivity contribution >= 4 is 22.0 Å². The number of hydrogen-bond donors (Lipinski definition) is 2. The summed E-state index contributed by atoms with van der Waals surface area (Å²) < 4.78 is 45.5. The lowest BCUT2D eigenvalue weighted by Gasteiger charge is -2.12. The Morgan fingerprint density at radius 3 is 2.63 bits per heavy atom. The summed E-state index contributed by atoms with van der Waals surface area (Å²) in [5.74, 6) is -0.136. The highest BCUT2D eigenvalue weighted by atomic mass is 32.2. The van der Waals surface area contributed by atoms with Crippen LogP contribution in [0.15, 0.2) is 41.6 Å². The summed E-state index contributed by atoms with van der Waals surface area (Å²) in [6.45, 7) is 1.13. The van der Waals surface area contributed by atoms with E-state index in [1.807, 2.05) is 0 Å². The van der Waals surface area contributed by atoms with E-state index in [9.17, 15) is 22.4 Å². The van der Waals surface area contributed by atoms with E-state index in [1.165, 1.54) is 42.4 Å². The Labute approximate surface area is 172 Å². The molecule has 160 valence electrons. The third-order valence-electron chi connectivity index (χ3n) is 4.02. The zero-order valence-electron chi connectivity index (χ0n) is 16.0. The maximum atomic E-state index is 12.9. The lowest BCUT2D eigenvalue weighted by molar-refractivity contribution is -0.118. The second-order valence-electron chi connectivity index (χ2n) is 6.60. The molecule has 2 heterocycles. The number of carbonyl (C=O) groups excluding carboxylic acids is 2. The monoisotopic (exact) mass is 437 g/mol. The van der Waals surface area contributed by atoms with Gasteiger partial charge in [0.2, 0.25) is 15.9 Å². The minimum Gasteiger partial charge on any atom is -0.491 e. The number of sulfonamides is 1. The number of carbonyl (C=O) groups is 2. The van der Waals surface area contributed by atoms with E-state index in [2.05, 4.69) is 20.0 Å². The SMILES string of the molecule is CC(F)COc1cccc(S(=O)(=O)NCc2cnc(CN3CC(=O)NC3=O)cn2)c1. The highest BCUT2D eigenvalue weighted by Gasteiger charge is 2.26. The van der Waals surface area contributed by atoms with Gasteiger partial charge in [-0.15, -0.1) is 0 Å². The number of halogens is 1. The number of alkyl halides is 1. The number of ether oxygens (including phenoxy) is 1. The molecular formula is C18H20FN5O5S. The predicted molar refractivity (Wildman–Crippen MR) is 103 cm³/mol. The molecule has 0 bridgehead atoms. The van der Waals surface area contributed by atoms with Crippen molar-refractivity contribution in [1.82, 2.24) is 24.9 Å². The van der Waals surface area contributed by atoms with Crippen molar-refractivity contribution < 1.29 is 27.1 Å².